The maximum Gasteiger partial charge on any atom is 0.274 e. The second kappa shape index (κ2) is 5.97. The van der Waals surface area contributed by atoms with Crippen molar-refractivity contribution in [3.63, 3.8) is 0 Å². The van der Waals surface area contributed by atoms with Gasteiger partial charge in [-0.1, -0.05) is 18.2 Å². The van der Waals surface area contributed by atoms with Crippen molar-refractivity contribution in [3.8, 4) is 0 Å². The van der Waals surface area contributed by atoms with E-state index in [1.54, 1.807) is 36.4 Å². The van der Waals surface area contributed by atoms with Crippen LogP contribution in [0.25, 0.3) is 0 Å². The molecule has 3 rings (SSSR count). The first-order chi connectivity index (χ1) is 10.6. The molecule has 0 spiro atoms. The smallest absolute Gasteiger partial charge is 0.274 e. The van der Waals surface area contributed by atoms with E-state index in [0.717, 1.165) is 12.8 Å². The summed E-state index contributed by atoms with van der Waals surface area (Å²) < 4.78 is 0. The Hall–Kier alpha value is -2.69. The Bertz CT molecular complexity index is 723. The molecule has 22 heavy (non-hydrogen) atoms. The number of hydrogen-bond acceptors (Lipinski definition) is 4. The van der Waals surface area contributed by atoms with Gasteiger partial charge in [0.05, 0.1) is 0 Å². The van der Waals surface area contributed by atoms with Crippen molar-refractivity contribution < 1.29 is 9.59 Å². The monoisotopic (exact) mass is 295 g/mol. The minimum Gasteiger partial charge on any atom is -0.367 e. The summed E-state index contributed by atoms with van der Waals surface area (Å²) in [5, 5.41) is 6.03. The molecule has 0 saturated heterocycles. The lowest BCUT2D eigenvalue weighted by molar-refractivity contribution is 0.100. The molecule has 1 saturated carbocycles. The van der Waals surface area contributed by atoms with Gasteiger partial charge >= 0.3 is 0 Å². The third-order valence-corrected chi connectivity index (χ3v) is 3.44. The minimum atomic E-state index is -0.292. The number of rotatable bonds is 5. The van der Waals surface area contributed by atoms with Crippen molar-refractivity contribution in [2.75, 3.05) is 10.6 Å². The fourth-order valence-corrected chi connectivity index (χ4v) is 2.09. The number of pyridine rings is 1. The molecule has 0 atom stereocenters. The molecular weight excluding hydrogens is 278 g/mol. The Morgan fingerprint density at radius 3 is 2.64 bits per heavy atom. The van der Waals surface area contributed by atoms with Crippen molar-refractivity contribution in [1.82, 2.24) is 4.98 Å². The summed E-state index contributed by atoms with van der Waals surface area (Å²) in [4.78, 5) is 28.0. The molecule has 0 unspecified atom stereocenters. The van der Waals surface area contributed by atoms with E-state index in [1.807, 2.05) is 6.07 Å². The number of amides is 1. The molecule has 1 aromatic carbocycles. The van der Waals surface area contributed by atoms with Gasteiger partial charge in [0, 0.05) is 17.3 Å². The van der Waals surface area contributed by atoms with Crippen molar-refractivity contribution in [2.45, 2.75) is 25.8 Å². The Morgan fingerprint density at radius 2 is 1.91 bits per heavy atom. The fraction of sp³-hybridized carbons (Fsp3) is 0.235. The highest BCUT2D eigenvalue weighted by molar-refractivity contribution is 6.04. The average Bonchev–Trinajstić information content (AvgIpc) is 3.31. The highest BCUT2D eigenvalue weighted by Crippen LogP contribution is 2.23. The van der Waals surface area contributed by atoms with Crippen LogP contribution in [0.15, 0.2) is 42.5 Å². The number of aromatic nitrogens is 1. The van der Waals surface area contributed by atoms with Crippen LogP contribution in [0.4, 0.5) is 11.5 Å². The molecule has 5 nitrogen and oxygen atoms in total. The van der Waals surface area contributed by atoms with Gasteiger partial charge < -0.3 is 10.6 Å². The summed E-state index contributed by atoms with van der Waals surface area (Å²) in [6.45, 7) is 1.50. The molecule has 2 aromatic rings. The summed E-state index contributed by atoms with van der Waals surface area (Å²) in [7, 11) is 0. The number of benzene rings is 1. The predicted molar refractivity (Wildman–Crippen MR) is 85.3 cm³/mol. The molecule has 0 aliphatic heterocycles. The summed E-state index contributed by atoms with van der Waals surface area (Å²) in [5.41, 5.74) is 1.49. The van der Waals surface area contributed by atoms with Crippen LogP contribution in [0.2, 0.25) is 0 Å². The van der Waals surface area contributed by atoms with Crippen LogP contribution in [-0.2, 0) is 0 Å². The topological polar surface area (TPSA) is 71.1 Å². The zero-order valence-corrected chi connectivity index (χ0v) is 12.3. The highest BCUT2D eigenvalue weighted by atomic mass is 16.2. The highest BCUT2D eigenvalue weighted by Gasteiger charge is 2.21. The Morgan fingerprint density at radius 1 is 1.14 bits per heavy atom. The van der Waals surface area contributed by atoms with Crippen LogP contribution in [-0.4, -0.2) is 22.7 Å². The SMILES string of the molecule is CC(=O)c1cccc(NC(=O)c2cccc(NC3CC3)n2)c1. The Kier molecular flexibility index (Phi) is 3.87. The third-order valence-electron chi connectivity index (χ3n) is 3.44. The van der Waals surface area contributed by atoms with Gasteiger partial charge in [-0.05, 0) is 44.0 Å². The number of hydrogen-bond donors (Lipinski definition) is 2. The van der Waals surface area contributed by atoms with E-state index < -0.39 is 0 Å². The van der Waals surface area contributed by atoms with Crippen molar-refractivity contribution in [1.29, 1.82) is 0 Å². The average molecular weight is 295 g/mol. The van der Waals surface area contributed by atoms with Gasteiger partial charge in [0.25, 0.3) is 5.91 Å². The molecule has 5 heteroatoms. The number of nitrogens with zero attached hydrogens (tertiary/aromatic N) is 1. The molecule has 2 N–H and O–H groups in total. The van der Waals surface area contributed by atoms with Gasteiger partial charge in [0.2, 0.25) is 0 Å². The van der Waals surface area contributed by atoms with Crippen LogP contribution >= 0.6 is 0 Å². The zero-order valence-electron chi connectivity index (χ0n) is 12.3. The van der Waals surface area contributed by atoms with Crippen molar-refractivity contribution >= 4 is 23.2 Å². The standard InChI is InChI=1S/C17H17N3O2/c1-11(21)12-4-2-5-14(10-12)19-17(22)15-6-3-7-16(20-15)18-13-8-9-13/h2-7,10,13H,8-9H2,1H3,(H,18,20)(H,19,22). The fourth-order valence-electron chi connectivity index (χ4n) is 2.09. The van der Waals surface area contributed by atoms with Crippen LogP contribution in [0.3, 0.4) is 0 Å². The van der Waals surface area contributed by atoms with E-state index >= 15 is 0 Å². The molecule has 112 valence electrons. The summed E-state index contributed by atoms with van der Waals surface area (Å²) in [6.07, 6.45) is 2.30. The van der Waals surface area contributed by atoms with Gasteiger partial charge in [-0.2, -0.15) is 0 Å². The number of nitrogens with one attached hydrogen (secondary N) is 2. The Labute approximate surface area is 128 Å². The first-order valence-electron chi connectivity index (χ1n) is 7.28. The van der Waals surface area contributed by atoms with Crippen molar-refractivity contribution in [2.24, 2.45) is 0 Å². The maximum absolute atomic E-state index is 12.3. The molecule has 1 aliphatic carbocycles. The molecule has 1 amide bonds. The first-order valence-corrected chi connectivity index (χ1v) is 7.28. The van der Waals surface area contributed by atoms with Gasteiger partial charge in [-0.15, -0.1) is 0 Å². The number of carbonyl (C=O) groups is 2. The van der Waals surface area contributed by atoms with Crippen LogP contribution < -0.4 is 10.6 Å². The number of carbonyl (C=O) groups excluding carboxylic acids is 2. The quantitative estimate of drug-likeness (QED) is 0.831. The molecule has 1 fully saturated rings. The minimum absolute atomic E-state index is 0.0372. The lowest BCUT2D eigenvalue weighted by Crippen LogP contribution is -2.15. The maximum atomic E-state index is 12.3. The lowest BCUT2D eigenvalue weighted by atomic mass is 10.1. The molecular formula is C17H17N3O2. The van der Waals surface area contributed by atoms with E-state index in [-0.39, 0.29) is 11.7 Å². The van der Waals surface area contributed by atoms with E-state index in [0.29, 0.717) is 28.8 Å². The van der Waals surface area contributed by atoms with Crippen LogP contribution in [0.5, 0.6) is 0 Å². The van der Waals surface area contributed by atoms with Gasteiger partial charge in [0.15, 0.2) is 5.78 Å². The van der Waals surface area contributed by atoms with Crippen molar-refractivity contribution in [3.05, 3.63) is 53.7 Å². The summed E-state index contributed by atoms with van der Waals surface area (Å²) >= 11 is 0. The molecule has 1 aromatic heterocycles. The lowest BCUT2D eigenvalue weighted by Gasteiger charge is -2.08. The van der Waals surface area contributed by atoms with Crippen LogP contribution in [0.1, 0.15) is 40.6 Å². The zero-order chi connectivity index (χ0) is 15.5. The predicted octanol–water partition coefficient (Wildman–Crippen LogP) is 3.11. The molecule has 1 aliphatic rings. The van der Waals surface area contributed by atoms with Gasteiger partial charge in [-0.25, -0.2) is 4.98 Å². The normalized spacial score (nSPS) is 13.5. The third kappa shape index (κ3) is 3.49. The van der Waals surface area contributed by atoms with E-state index in [9.17, 15) is 9.59 Å². The largest absolute Gasteiger partial charge is 0.367 e. The van der Waals surface area contributed by atoms with Gasteiger partial charge in [0.1, 0.15) is 11.5 Å². The van der Waals surface area contributed by atoms with E-state index in [1.165, 1.54) is 6.92 Å². The van der Waals surface area contributed by atoms with E-state index in [4.69, 9.17) is 0 Å². The molecule has 0 bridgehead atoms. The van der Waals surface area contributed by atoms with Gasteiger partial charge in [-0.3, -0.25) is 9.59 Å². The van der Waals surface area contributed by atoms with Crippen LogP contribution in [0, 0.1) is 0 Å². The summed E-state index contributed by atoms with van der Waals surface area (Å²) in [6, 6.07) is 12.7. The second-order valence-corrected chi connectivity index (χ2v) is 5.42. The second-order valence-electron chi connectivity index (χ2n) is 5.42. The number of ketones is 1. The molecule has 1 heterocycles. The Balaban J connectivity index is 1.73. The molecule has 0 radical (unpaired) electrons. The number of Topliss-reactive ketones (excluding diaryl/α,β-unsaturated/α-hetero) is 1. The first kappa shape index (κ1) is 14.3. The number of anilines is 2. The van der Waals surface area contributed by atoms with E-state index in [2.05, 4.69) is 15.6 Å². The summed E-state index contributed by atoms with van der Waals surface area (Å²) in [5.74, 6) is 0.387.